The van der Waals surface area contributed by atoms with Gasteiger partial charge in [0.15, 0.2) is 0 Å². The minimum Gasteiger partial charge on any atom is -0.316 e. The Morgan fingerprint density at radius 1 is 1.10 bits per heavy atom. The van der Waals surface area contributed by atoms with Crippen LogP contribution in [0, 0.1) is 11.3 Å². The van der Waals surface area contributed by atoms with Crippen LogP contribution in [0.5, 0.6) is 0 Å². The van der Waals surface area contributed by atoms with Gasteiger partial charge in [-0.3, -0.25) is 0 Å². The quantitative estimate of drug-likeness (QED) is 0.754. The van der Waals surface area contributed by atoms with E-state index in [1.807, 2.05) is 0 Å². The molecular formula is C17H35N3. The lowest BCUT2D eigenvalue weighted by molar-refractivity contribution is 0.0596. The fourth-order valence-electron chi connectivity index (χ4n) is 3.78. The van der Waals surface area contributed by atoms with Crippen molar-refractivity contribution in [2.24, 2.45) is 11.3 Å². The van der Waals surface area contributed by atoms with Crippen LogP contribution in [-0.4, -0.2) is 62.7 Å². The molecule has 1 heterocycles. The van der Waals surface area contributed by atoms with Crippen molar-refractivity contribution in [2.45, 2.75) is 46.0 Å². The summed E-state index contributed by atoms with van der Waals surface area (Å²) in [7, 11) is 2.25. The van der Waals surface area contributed by atoms with Crippen LogP contribution in [0.1, 0.15) is 46.0 Å². The lowest BCUT2D eigenvalue weighted by atomic mass is 9.70. The van der Waals surface area contributed by atoms with Gasteiger partial charge in [-0.1, -0.05) is 26.7 Å². The second-order valence-corrected chi connectivity index (χ2v) is 7.44. The highest BCUT2D eigenvalue weighted by Crippen LogP contribution is 2.39. The first-order chi connectivity index (χ1) is 9.63. The average molecular weight is 281 g/mol. The van der Waals surface area contributed by atoms with Crippen molar-refractivity contribution in [1.29, 1.82) is 0 Å². The molecule has 118 valence electrons. The summed E-state index contributed by atoms with van der Waals surface area (Å²) in [6.45, 7) is 13.5. The summed E-state index contributed by atoms with van der Waals surface area (Å²) in [4.78, 5) is 5.19. The van der Waals surface area contributed by atoms with Crippen LogP contribution in [0.3, 0.4) is 0 Å². The number of nitrogens with one attached hydrogen (secondary N) is 1. The first kappa shape index (κ1) is 16.3. The molecule has 0 aromatic rings. The van der Waals surface area contributed by atoms with Gasteiger partial charge in [0.05, 0.1) is 0 Å². The molecule has 1 saturated heterocycles. The van der Waals surface area contributed by atoms with Gasteiger partial charge in [0, 0.05) is 39.3 Å². The molecule has 3 nitrogen and oxygen atoms in total. The Labute approximate surface area is 126 Å². The highest BCUT2D eigenvalue weighted by molar-refractivity contribution is 4.90. The van der Waals surface area contributed by atoms with Crippen molar-refractivity contribution in [3.05, 3.63) is 0 Å². The Morgan fingerprint density at radius 2 is 1.75 bits per heavy atom. The molecule has 2 fully saturated rings. The fraction of sp³-hybridized carbons (Fsp3) is 1.00. The molecule has 2 rings (SSSR count). The van der Waals surface area contributed by atoms with Crippen molar-refractivity contribution in [3.63, 3.8) is 0 Å². The number of hydrogen-bond donors (Lipinski definition) is 1. The first-order valence-electron chi connectivity index (χ1n) is 8.75. The molecule has 0 spiro atoms. The maximum Gasteiger partial charge on any atom is 0.0110 e. The SMILES string of the molecule is CCCNCC1(CN2CCN(C)CC2)CCC(C)CC1. The molecule has 3 heteroatoms. The standard InChI is InChI=1S/C17H35N3/c1-4-9-18-14-17(7-5-16(2)6-8-17)15-20-12-10-19(3)11-13-20/h16,18H,4-15H2,1-3H3. The van der Waals surface area contributed by atoms with Gasteiger partial charge in [0.2, 0.25) is 0 Å². The number of rotatable bonds is 6. The molecule has 1 aliphatic heterocycles. The van der Waals surface area contributed by atoms with E-state index >= 15 is 0 Å². The first-order valence-corrected chi connectivity index (χ1v) is 8.75. The molecule has 0 aromatic carbocycles. The number of likely N-dealkylation sites (N-methyl/N-ethyl adjacent to an activating group) is 1. The summed E-state index contributed by atoms with van der Waals surface area (Å²) in [6, 6.07) is 0. The number of nitrogens with zero attached hydrogens (tertiary/aromatic N) is 2. The average Bonchev–Trinajstić information content (AvgIpc) is 2.45. The molecule has 0 radical (unpaired) electrons. The molecule has 2 aliphatic rings. The van der Waals surface area contributed by atoms with E-state index in [1.54, 1.807) is 0 Å². The van der Waals surface area contributed by atoms with Crippen LogP contribution in [-0.2, 0) is 0 Å². The number of piperazine rings is 1. The molecule has 0 atom stereocenters. The van der Waals surface area contributed by atoms with Crippen molar-refractivity contribution in [3.8, 4) is 0 Å². The normalized spacial score (nSPS) is 33.5. The van der Waals surface area contributed by atoms with Crippen LogP contribution in [0.2, 0.25) is 0 Å². The Hall–Kier alpha value is -0.120. The summed E-state index contributed by atoms with van der Waals surface area (Å²) in [5, 5.41) is 3.72. The predicted octanol–water partition coefficient (Wildman–Crippen LogP) is 2.43. The highest BCUT2D eigenvalue weighted by Gasteiger charge is 2.35. The molecule has 0 bridgehead atoms. The van der Waals surface area contributed by atoms with Gasteiger partial charge in [-0.2, -0.15) is 0 Å². The summed E-state index contributed by atoms with van der Waals surface area (Å²) < 4.78 is 0. The van der Waals surface area contributed by atoms with Gasteiger partial charge in [0.25, 0.3) is 0 Å². The largest absolute Gasteiger partial charge is 0.316 e. The molecular weight excluding hydrogens is 246 g/mol. The zero-order valence-corrected chi connectivity index (χ0v) is 14.0. The smallest absolute Gasteiger partial charge is 0.0110 e. The van der Waals surface area contributed by atoms with Gasteiger partial charge in [0.1, 0.15) is 0 Å². The van der Waals surface area contributed by atoms with E-state index in [0.717, 1.165) is 5.92 Å². The van der Waals surface area contributed by atoms with Gasteiger partial charge in [-0.15, -0.1) is 0 Å². The lowest BCUT2D eigenvalue weighted by Crippen LogP contribution is -2.51. The van der Waals surface area contributed by atoms with E-state index in [4.69, 9.17) is 0 Å². The predicted molar refractivity (Wildman–Crippen MR) is 87.2 cm³/mol. The van der Waals surface area contributed by atoms with Crippen LogP contribution in [0.4, 0.5) is 0 Å². The fourth-order valence-corrected chi connectivity index (χ4v) is 3.78. The summed E-state index contributed by atoms with van der Waals surface area (Å²) >= 11 is 0. The molecule has 20 heavy (non-hydrogen) atoms. The molecule has 1 N–H and O–H groups in total. The van der Waals surface area contributed by atoms with Crippen molar-refractivity contribution >= 4 is 0 Å². The molecule has 1 saturated carbocycles. The van der Waals surface area contributed by atoms with Gasteiger partial charge in [-0.05, 0) is 44.2 Å². The van der Waals surface area contributed by atoms with Crippen LogP contribution < -0.4 is 5.32 Å². The van der Waals surface area contributed by atoms with Gasteiger partial charge in [-0.25, -0.2) is 0 Å². The van der Waals surface area contributed by atoms with Crippen LogP contribution in [0.15, 0.2) is 0 Å². The van der Waals surface area contributed by atoms with E-state index in [-0.39, 0.29) is 0 Å². The van der Waals surface area contributed by atoms with E-state index in [2.05, 4.69) is 36.0 Å². The topological polar surface area (TPSA) is 18.5 Å². The second kappa shape index (κ2) is 7.77. The van der Waals surface area contributed by atoms with Gasteiger partial charge < -0.3 is 15.1 Å². The summed E-state index contributed by atoms with van der Waals surface area (Å²) in [5.41, 5.74) is 0.553. The van der Waals surface area contributed by atoms with Crippen molar-refractivity contribution in [2.75, 3.05) is 52.9 Å². The Kier molecular flexibility index (Phi) is 6.31. The zero-order chi connectivity index (χ0) is 14.4. The molecule has 0 aromatic heterocycles. The van der Waals surface area contributed by atoms with E-state index in [0.29, 0.717) is 5.41 Å². The minimum atomic E-state index is 0.553. The number of hydrogen-bond acceptors (Lipinski definition) is 3. The van der Waals surface area contributed by atoms with Gasteiger partial charge >= 0.3 is 0 Å². The second-order valence-electron chi connectivity index (χ2n) is 7.44. The maximum atomic E-state index is 3.72. The highest BCUT2D eigenvalue weighted by atomic mass is 15.2. The Balaban J connectivity index is 1.88. The lowest BCUT2D eigenvalue weighted by Gasteiger charge is -2.45. The zero-order valence-electron chi connectivity index (χ0n) is 14.0. The van der Waals surface area contributed by atoms with Crippen molar-refractivity contribution in [1.82, 2.24) is 15.1 Å². The van der Waals surface area contributed by atoms with Crippen LogP contribution in [0.25, 0.3) is 0 Å². The van der Waals surface area contributed by atoms with E-state index in [9.17, 15) is 0 Å². The third kappa shape index (κ3) is 4.71. The van der Waals surface area contributed by atoms with E-state index < -0.39 is 0 Å². The molecule has 0 unspecified atom stereocenters. The van der Waals surface area contributed by atoms with E-state index in [1.165, 1.54) is 77.9 Å². The summed E-state index contributed by atoms with van der Waals surface area (Å²) in [6.07, 6.45) is 6.97. The van der Waals surface area contributed by atoms with Crippen LogP contribution >= 0.6 is 0 Å². The summed E-state index contributed by atoms with van der Waals surface area (Å²) in [5.74, 6) is 0.946. The Bertz CT molecular complexity index is 263. The third-order valence-electron chi connectivity index (χ3n) is 5.42. The maximum absolute atomic E-state index is 3.72. The minimum absolute atomic E-state index is 0.553. The van der Waals surface area contributed by atoms with Crippen molar-refractivity contribution < 1.29 is 0 Å². The third-order valence-corrected chi connectivity index (χ3v) is 5.42. The molecule has 1 aliphatic carbocycles. The Morgan fingerprint density at radius 3 is 2.35 bits per heavy atom. The molecule has 0 amide bonds. The monoisotopic (exact) mass is 281 g/mol.